The van der Waals surface area contributed by atoms with Gasteiger partial charge in [0.05, 0.1) is 6.42 Å². The van der Waals surface area contributed by atoms with Gasteiger partial charge in [-0.1, -0.05) is 19.4 Å². The van der Waals surface area contributed by atoms with E-state index >= 15 is 0 Å². The first-order chi connectivity index (χ1) is 14.6. The fourth-order valence-electron chi connectivity index (χ4n) is 7.70. The minimum Gasteiger partial charge on any atom is -0.481 e. The van der Waals surface area contributed by atoms with Crippen LogP contribution in [0.3, 0.4) is 0 Å². The minimum atomic E-state index is -1.21. The summed E-state index contributed by atoms with van der Waals surface area (Å²) in [5.74, 6) is 1.01. The number of allylic oxidation sites excluding steroid dienone is 1. The predicted octanol–water partition coefficient (Wildman–Crippen LogP) is 3.90. The Hall–Kier alpha value is -1.53. The zero-order chi connectivity index (χ0) is 22.4. The lowest BCUT2D eigenvalue weighted by atomic mass is 9.46. The fraction of sp³-hybridized carbons (Fsp3) is 0.800. The Morgan fingerprint density at radius 1 is 1.13 bits per heavy atom. The van der Waals surface area contributed by atoms with Gasteiger partial charge in [0.15, 0.2) is 17.9 Å². The fourth-order valence-corrected chi connectivity index (χ4v) is 7.70. The van der Waals surface area contributed by atoms with Crippen molar-refractivity contribution in [1.29, 1.82) is 0 Å². The molecule has 0 amide bonds. The number of ether oxygens (including phenoxy) is 1. The zero-order valence-electron chi connectivity index (χ0n) is 18.8. The van der Waals surface area contributed by atoms with Crippen molar-refractivity contribution in [2.24, 2.45) is 34.5 Å². The summed E-state index contributed by atoms with van der Waals surface area (Å²) in [6.45, 7) is 4.51. The van der Waals surface area contributed by atoms with Gasteiger partial charge in [0.2, 0.25) is 0 Å². The number of hydrogen-bond acceptors (Lipinski definition) is 5. The predicted molar refractivity (Wildman–Crippen MR) is 114 cm³/mol. The van der Waals surface area contributed by atoms with Crippen molar-refractivity contribution in [3.8, 4) is 0 Å². The molecule has 3 fully saturated rings. The molecule has 6 heteroatoms. The molecule has 0 aromatic carbocycles. The molecular formula is C25H36O6. The van der Waals surface area contributed by atoms with Crippen LogP contribution in [0.15, 0.2) is 11.6 Å². The van der Waals surface area contributed by atoms with Crippen molar-refractivity contribution < 1.29 is 29.3 Å². The van der Waals surface area contributed by atoms with Crippen LogP contribution in [0.5, 0.6) is 0 Å². The molecule has 6 nitrogen and oxygen atoms in total. The van der Waals surface area contributed by atoms with Gasteiger partial charge < -0.3 is 14.9 Å². The van der Waals surface area contributed by atoms with Gasteiger partial charge in [-0.3, -0.25) is 14.4 Å². The lowest BCUT2D eigenvalue weighted by molar-refractivity contribution is -0.152. The van der Waals surface area contributed by atoms with E-state index in [1.165, 1.54) is 5.57 Å². The second kappa shape index (κ2) is 8.43. The highest BCUT2D eigenvalue weighted by atomic mass is 16.6. The Labute approximate surface area is 184 Å². The van der Waals surface area contributed by atoms with Gasteiger partial charge in [-0.25, -0.2) is 0 Å². The topological polar surface area (TPSA) is 101 Å². The number of carboxylic acids is 1. The summed E-state index contributed by atoms with van der Waals surface area (Å²) in [6, 6.07) is 0. The molecule has 172 valence electrons. The van der Waals surface area contributed by atoms with Crippen LogP contribution in [-0.4, -0.2) is 40.6 Å². The van der Waals surface area contributed by atoms with Crippen LogP contribution < -0.4 is 0 Å². The molecule has 3 saturated carbocycles. The summed E-state index contributed by atoms with van der Waals surface area (Å²) in [5, 5.41) is 18.6. The van der Waals surface area contributed by atoms with Crippen molar-refractivity contribution in [2.75, 3.05) is 6.61 Å². The molecule has 0 aromatic rings. The summed E-state index contributed by atoms with van der Waals surface area (Å²) in [4.78, 5) is 35.7. The Kier molecular flexibility index (Phi) is 6.16. The Morgan fingerprint density at radius 2 is 1.90 bits per heavy atom. The maximum absolute atomic E-state index is 13.0. The minimum absolute atomic E-state index is 0.00609. The van der Waals surface area contributed by atoms with Gasteiger partial charge in [-0.05, 0) is 79.6 Å². The first kappa shape index (κ1) is 22.7. The molecule has 2 N–H and O–H groups in total. The van der Waals surface area contributed by atoms with Gasteiger partial charge in [-0.15, -0.1) is 0 Å². The molecular weight excluding hydrogens is 396 g/mol. The van der Waals surface area contributed by atoms with Crippen molar-refractivity contribution >= 4 is 17.5 Å². The Morgan fingerprint density at radius 3 is 2.65 bits per heavy atom. The number of aliphatic hydroxyl groups is 1. The summed E-state index contributed by atoms with van der Waals surface area (Å²) in [6.07, 6.45) is 8.34. The first-order valence-corrected chi connectivity index (χ1v) is 11.9. The number of aliphatic hydroxyl groups excluding tert-OH is 1. The Bertz CT molecular complexity index is 787. The van der Waals surface area contributed by atoms with E-state index in [4.69, 9.17) is 9.84 Å². The van der Waals surface area contributed by atoms with Gasteiger partial charge in [0, 0.05) is 18.8 Å². The van der Waals surface area contributed by atoms with Crippen LogP contribution in [0.1, 0.15) is 78.1 Å². The van der Waals surface area contributed by atoms with Crippen molar-refractivity contribution in [1.82, 2.24) is 0 Å². The van der Waals surface area contributed by atoms with Crippen molar-refractivity contribution in [2.45, 2.75) is 84.3 Å². The van der Waals surface area contributed by atoms with Crippen molar-refractivity contribution in [3.63, 3.8) is 0 Å². The molecule has 0 spiro atoms. The number of carboxylic acid groups (broad SMARTS) is 1. The molecule has 31 heavy (non-hydrogen) atoms. The number of rotatable bonds is 7. The SMILES string of the molecule is C[C@]12CC[C@H]3[C@@H](CCC4=CC(=O)CC[C@@]43C)[C@@H]1CC[C@@H]2C(=O)COC(O)CCC(=O)O. The maximum atomic E-state index is 13.0. The third-order valence-electron chi connectivity index (χ3n) is 9.37. The number of fused-ring (bicyclic) bond motifs is 5. The van der Waals surface area contributed by atoms with Crippen LogP contribution in [0.2, 0.25) is 0 Å². The summed E-state index contributed by atoms with van der Waals surface area (Å²) >= 11 is 0. The van der Waals surface area contributed by atoms with Crippen LogP contribution in [0, 0.1) is 34.5 Å². The lowest BCUT2D eigenvalue weighted by Crippen LogP contribution is -2.51. The molecule has 0 saturated heterocycles. The third kappa shape index (κ3) is 4.02. The normalized spacial score (nSPS) is 40.4. The molecule has 7 atom stereocenters. The molecule has 1 unspecified atom stereocenters. The largest absolute Gasteiger partial charge is 0.481 e. The highest BCUT2D eigenvalue weighted by molar-refractivity contribution is 5.91. The monoisotopic (exact) mass is 432 g/mol. The highest BCUT2D eigenvalue weighted by Gasteiger charge is 2.60. The number of ketones is 2. The molecule has 0 aliphatic heterocycles. The standard InChI is InChI=1S/C25H36O6/c1-24-11-9-16(26)13-15(24)3-4-17-18-5-6-20(25(18,2)12-10-19(17)24)21(27)14-31-23(30)8-7-22(28)29/h13,17-20,23,30H,3-12,14H2,1-2H3,(H,28,29)/t17-,18-,19-,20+,23?,24-,25-/m0/s1. The number of hydrogen-bond donors (Lipinski definition) is 2. The second-order valence-electron chi connectivity index (χ2n) is 10.8. The van der Waals surface area contributed by atoms with Gasteiger partial charge in [0.1, 0.15) is 6.61 Å². The van der Waals surface area contributed by atoms with Crippen molar-refractivity contribution in [3.05, 3.63) is 11.6 Å². The van der Waals surface area contributed by atoms with Gasteiger partial charge in [-0.2, -0.15) is 0 Å². The Balaban J connectivity index is 1.42. The molecule has 0 aromatic heterocycles. The van der Waals surface area contributed by atoms with Crippen LogP contribution in [0.25, 0.3) is 0 Å². The van der Waals surface area contributed by atoms with E-state index in [1.807, 2.05) is 6.08 Å². The van der Waals surface area contributed by atoms with Gasteiger partial charge >= 0.3 is 5.97 Å². The van der Waals surface area contributed by atoms with Gasteiger partial charge in [0.25, 0.3) is 0 Å². The van der Waals surface area contributed by atoms with E-state index in [0.717, 1.165) is 44.9 Å². The third-order valence-corrected chi connectivity index (χ3v) is 9.37. The van der Waals surface area contributed by atoms with Crippen LogP contribution >= 0.6 is 0 Å². The van der Waals surface area contributed by atoms with E-state index in [2.05, 4.69) is 13.8 Å². The van der Waals surface area contributed by atoms with Crippen LogP contribution in [-0.2, 0) is 19.1 Å². The summed E-state index contributed by atoms with van der Waals surface area (Å²) in [7, 11) is 0. The summed E-state index contributed by atoms with van der Waals surface area (Å²) < 4.78 is 5.30. The molecule has 4 aliphatic rings. The summed E-state index contributed by atoms with van der Waals surface area (Å²) in [5.41, 5.74) is 1.47. The molecule has 0 bridgehead atoms. The second-order valence-corrected chi connectivity index (χ2v) is 10.8. The quantitative estimate of drug-likeness (QED) is 0.592. The smallest absolute Gasteiger partial charge is 0.303 e. The number of Topliss-reactive ketones (excluding diaryl/α,β-unsaturated/α-hetero) is 1. The van der Waals surface area contributed by atoms with E-state index in [0.29, 0.717) is 24.2 Å². The van der Waals surface area contributed by atoms with Crippen LogP contribution in [0.4, 0.5) is 0 Å². The highest BCUT2D eigenvalue weighted by Crippen LogP contribution is 2.66. The zero-order valence-corrected chi connectivity index (χ0v) is 18.8. The average molecular weight is 433 g/mol. The molecule has 0 heterocycles. The molecule has 4 rings (SSSR count). The molecule has 4 aliphatic carbocycles. The van der Waals surface area contributed by atoms with E-state index in [1.54, 1.807) is 0 Å². The lowest BCUT2D eigenvalue weighted by Gasteiger charge is -2.58. The van der Waals surface area contributed by atoms with E-state index in [9.17, 15) is 19.5 Å². The maximum Gasteiger partial charge on any atom is 0.303 e. The average Bonchev–Trinajstić information content (AvgIpc) is 3.08. The number of carbonyl (C=O) groups is 3. The van der Waals surface area contributed by atoms with E-state index in [-0.39, 0.29) is 47.8 Å². The molecule has 0 radical (unpaired) electrons. The van der Waals surface area contributed by atoms with E-state index < -0.39 is 12.3 Å². The first-order valence-electron chi connectivity index (χ1n) is 11.9. The number of aliphatic carboxylic acids is 1. The number of carbonyl (C=O) groups excluding carboxylic acids is 2.